The molecule has 0 fully saturated rings. The number of nitrogens with zero attached hydrogens (tertiary/aromatic N) is 2. The Balaban J connectivity index is 0.000000322. The Morgan fingerprint density at radius 1 is 1.23 bits per heavy atom. The Bertz CT molecular complexity index is 988. The van der Waals surface area contributed by atoms with Gasteiger partial charge in [0, 0.05) is 20.3 Å². The Morgan fingerprint density at radius 2 is 1.94 bits per heavy atom. The number of fused-ring (bicyclic) bond motifs is 2. The molecular weight excluding hydrogens is 410 g/mol. The summed E-state index contributed by atoms with van der Waals surface area (Å²) in [5, 5.41) is 2.84. The Morgan fingerprint density at radius 3 is 2.55 bits per heavy atom. The summed E-state index contributed by atoms with van der Waals surface area (Å²) in [6, 6.07) is 7.84. The van der Waals surface area contributed by atoms with Crippen molar-refractivity contribution in [2.75, 3.05) is 35.8 Å². The lowest BCUT2D eigenvalue weighted by atomic mass is 10.4. The molecule has 1 atom stereocenters. The summed E-state index contributed by atoms with van der Waals surface area (Å²) in [6.07, 6.45) is -0.682. The predicted octanol–water partition coefficient (Wildman–Crippen LogP) is 1.15. The number of benzene rings is 1. The van der Waals surface area contributed by atoms with E-state index in [-0.39, 0.29) is 43.3 Å². The number of aromatic nitrogens is 2. The summed E-state index contributed by atoms with van der Waals surface area (Å²) in [6.45, 7) is 3.04. The number of esters is 2. The minimum Gasteiger partial charge on any atom is -0.466 e. The lowest BCUT2D eigenvalue weighted by Crippen LogP contribution is -2.41. The zero-order chi connectivity index (χ0) is 22.4. The molecule has 0 spiro atoms. The fourth-order valence-corrected chi connectivity index (χ4v) is 2.66. The molecule has 0 aliphatic carbocycles. The number of anilines is 3. The van der Waals surface area contributed by atoms with Gasteiger partial charge in [0.1, 0.15) is 5.69 Å². The van der Waals surface area contributed by atoms with E-state index in [0.29, 0.717) is 6.42 Å². The molecule has 2 aliphatic heterocycles. The monoisotopic (exact) mass is 433 g/mol. The highest BCUT2D eigenvalue weighted by molar-refractivity contribution is 5.72. The van der Waals surface area contributed by atoms with Crippen LogP contribution in [0.25, 0.3) is 0 Å². The molecule has 2 aromatic rings. The van der Waals surface area contributed by atoms with E-state index in [1.165, 1.54) is 18.7 Å². The van der Waals surface area contributed by atoms with Gasteiger partial charge in [-0.15, -0.1) is 0 Å². The van der Waals surface area contributed by atoms with Gasteiger partial charge < -0.3 is 30.0 Å². The van der Waals surface area contributed by atoms with Crippen LogP contribution in [-0.4, -0.2) is 48.2 Å². The van der Waals surface area contributed by atoms with Gasteiger partial charge in [0.05, 0.1) is 19.9 Å². The third-order valence-electron chi connectivity index (χ3n) is 4.02. The number of nitrogens with one attached hydrogen (secondary N) is 2. The van der Waals surface area contributed by atoms with E-state index in [4.69, 9.17) is 24.7 Å². The summed E-state index contributed by atoms with van der Waals surface area (Å²) < 4.78 is 20.4. The topological polar surface area (TPSA) is 161 Å². The molecule has 0 saturated carbocycles. The number of hydrogen-bond donors (Lipinski definition) is 3. The van der Waals surface area contributed by atoms with Crippen molar-refractivity contribution >= 4 is 29.4 Å². The first-order valence-electron chi connectivity index (χ1n) is 9.44. The van der Waals surface area contributed by atoms with Crippen LogP contribution in [0.2, 0.25) is 0 Å². The number of ether oxygens (including phenoxy) is 4. The van der Waals surface area contributed by atoms with Crippen LogP contribution in [0.5, 0.6) is 11.5 Å². The fourth-order valence-electron chi connectivity index (χ4n) is 2.66. The SMILES string of the molecule is CC(=O)OCCCOC(OC(C)=O)N1CNc2c1nc(N)[nH]c2=O.c1ccc2c(c1)O2. The molecule has 1 aromatic heterocycles. The molecule has 4 N–H and O–H groups in total. The second-order valence-electron chi connectivity index (χ2n) is 6.48. The maximum Gasteiger partial charge on any atom is 0.306 e. The summed E-state index contributed by atoms with van der Waals surface area (Å²) in [4.78, 5) is 41.7. The van der Waals surface area contributed by atoms with E-state index in [9.17, 15) is 14.4 Å². The molecule has 0 saturated heterocycles. The van der Waals surface area contributed by atoms with E-state index in [0.717, 1.165) is 11.5 Å². The molecule has 0 bridgehead atoms. The minimum absolute atomic E-state index is 0.0658. The molecule has 12 nitrogen and oxygen atoms in total. The van der Waals surface area contributed by atoms with Gasteiger partial charge in [0.15, 0.2) is 17.3 Å². The smallest absolute Gasteiger partial charge is 0.306 e. The number of nitrogens with two attached hydrogens (primary N) is 1. The summed E-state index contributed by atoms with van der Waals surface area (Å²) in [5.74, 6) is 1.27. The third-order valence-corrected chi connectivity index (χ3v) is 4.02. The normalized spacial score (nSPS) is 13.4. The van der Waals surface area contributed by atoms with Gasteiger partial charge in [-0.25, -0.2) is 0 Å². The van der Waals surface area contributed by atoms with Crippen LogP contribution in [-0.2, 0) is 23.8 Å². The maximum atomic E-state index is 11.8. The number of H-pyrrole nitrogens is 1. The van der Waals surface area contributed by atoms with Gasteiger partial charge in [0.25, 0.3) is 12.0 Å². The largest absolute Gasteiger partial charge is 0.466 e. The lowest BCUT2D eigenvalue weighted by molar-refractivity contribution is -0.176. The first-order valence-corrected chi connectivity index (χ1v) is 9.44. The van der Waals surface area contributed by atoms with Crippen LogP contribution in [0.15, 0.2) is 29.1 Å². The number of rotatable bonds is 7. The van der Waals surface area contributed by atoms with Crippen molar-refractivity contribution in [3.8, 4) is 11.5 Å². The average molecular weight is 433 g/mol. The highest BCUT2D eigenvalue weighted by Crippen LogP contribution is 2.43. The lowest BCUT2D eigenvalue weighted by Gasteiger charge is -2.27. The van der Waals surface area contributed by atoms with Gasteiger partial charge in [0.2, 0.25) is 5.95 Å². The fraction of sp³-hybridized carbons (Fsp3) is 0.368. The number of aromatic amines is 1. The standard InChI is InChI=1S/C13H19N5O6.C6H4O/c1-7(19)22-4-3-5-23-13(24-8(2)20)18-6-15-9-10(18)16-12(14)17-11(9)21;1-2-4-6-5(3-1)7-6/h13,15H,3-6H2,1-2H3,(H3,14,16,17,21);1-4H. The van der Waals surface area contributed by atoms with Gasteiger partial charge in [-0.3, -0.25) is 24.3 Å². The first-order chi connectivity index (χ1) is 14.8. The van der Waals surface area contributed by atoms with Crippen molar-refractivity contribution in [2.24, 2.45) is 0 Å². The number of nitrogen functional groups attached to an aromatic ring is 1. The zero-order valence-electron chi connectivity index (χ0n) is 17.0. The van der Waals surface area contributed by atoms with Gasteiger partial charge in [-0.1, -0.05) is 12.1 Å². The number of carbonyl (C=O) groups is 2. The van der Waals surface area contributed by atoms with Crippen LogP contribution in [0.4, 0.5) is 17.5 Å². The molecule has 4 rings (SSSR count). The second kappa shape index (κ2) is 9.80. The van der Waals surface area contributed by atoms with Crippen LogP contribution in [0.3, 0.4) is 0 Å². The molecule has 12 heteroatoms. The summed E-state index contributed by atoms with van der Waals surface area (Å²) in [5.41, 5.74) is 5.32. The van der Waals surface area contributed by atoms with Crippen LogP contribution < -0.4 is 26.2 Å². The third kappa shape index (κ3) is 6.09. The molecule has 0 amide bonds. The van der Waals surface area contributed by atoms with Crippen molar-refractivity contribution in [2.45, 2.75) is 26.7 Å². The maximum absolute atomic E-state index is 11.8. The Kier molecular flexibility index (Phi) is 6.92. The van der Waals surface area contributed by atoms with Crippen LogP contribution in [0.1, 0.15) is 20.3 Å². The summed E-state index contributed by atoms with van der Waals surface area (Å²) in [7, 11) is 0. The zero-order valence-corrected chi connectivity index (χ0v) is 17.0. The van der Waals surface area contributed by atoms with Crippen molar-refractivity contribution in [1.29, 1.82) is 0 Å². The number of carbonyl (C=O) groups excluding carboxylic acids is 2. The van der Waals surface area contributed by atoms with Crippen LogP contribution in [0, 0.1) is 0 Å². The Labute approximate surface area is 177 Å². The molecule has 1 unspecified atom stereocenters. The highest BCUT2D eigenvalue weighted by Gasteiger charge is 2.32. The van der Waals surface area contributed by atoms with Gasteiger partial charge >= 0.3 is 11.9 Å². The van der Waals surface area contributed by atoms with Crippen molar-refractivity contribution < 1.29 is 28.5 Å². The van der Waals surface area contributed by atoms with Gasteiger partial charge in [-0.05, 0) is 12.1 Å². The molecule has 3 heterocycles. The minimum atomic E-state index is -1.10. The van der Waals surface area contributed by atoms with Gasteiger partial charge in [-0.2, -0.15) is 4.98 Å². The van der Waals surface area contributed by atoms with E-state index in [2.05, 4.69) is 15.3 Å². The number of para-hydroxylation sites is 2. The molecular formula is C19H23N5O7. The van der Waals surface area contributed by atoms with Crippen molar-refractivity contribution in [3.05, 3.63) is 34.6 Å². The average Bonchev–Trinajstić information content (AvgIpc) is 3.37. The molecule has 31 heavy (non-hydrogen) atoms. The molecule has 1 aromatic carbocycles. The van der Waals surface area contributed by atoms with E-state index in [1.54, 1.807) is 0 Å². The van der Waals surface area contributed by atoms with E-state index in [1.807, 2.05) is 24.3 Å². The molecule has 0 radical (unpaired) electrons. The predicted molar refractivity (Wildman–Crippen MR) is 110 cm³/mol. The highest BCUT2D eigenvalue weighted by atomic mass is 16.7. The van der Waals surface area contributed by atoms with Crippen molar-refractivity contribution in [1.82, 2.24) is 9.97 Å². The van der Waals surface area contributed by atoms with Crippen molar-refractivity contribution in [3.63, 3.8) is 0 Å². The van der Waals surface area contributed by atoms with Crippen LogP contribution >= 0.6 is 0 Å². The number of hydrogen-bond acceptors (Lipinski definition) is 11. The molecule has 2 aliphatic rings. The Hall–Kier alpha value is -3.80. The molecule has 166 valence electrons. The second-order valence-corrected chi connectivity index (χ2v) is 6.48. The first kappa shape index (κ1) is 21.9. The quantitative estimate of drug-likeness (QED) is 0.212. The summed E-state index contributed by atoms with van der Waals surface area (Å²) >= 11 is 0. The van der Waals surface area contributed by atoms with E-state index < -0.39 is 17.9 Å². The van der Waals surface area contributed by atoms with E-state index >= 15 is 0 Å².